The van der Waals surface area contributed by atoms with Crippen molar-refractivity contribution in [2.45, 2.75) is 26.4 Å². The van der Waals surface area contributed by atoms with E-state index in [0.29, 0.717) is 12.6 Å². The van der Waals surface area contributed by atoms with Crippen LogP contribution < -0.4 is 10.6 Å². The topological polar surface area (TPSA) is 55.0 Å². The van der Waals surface area contributed by atoms with E-state index in [0.717, 1.165) is 18.1 Å². The number of nitrogens with zero attached hydrogens (tertiary/aromatic N) is 3. The standard InChI is InChI=1S/C11H18N4/c1-4-5-15(9(2)3)11-8-13-7-10(6-12)14-11/h4,7-9H,1,5-6,12H2,2-3H3. The van der Waals surface area contributed by atoms with Crippen LogP contribution in [0.2, 0.25) is 0 Å². The number of aromatic nitrogens is 2. The van der Waals surface area contributed by atoms with Gasteiger partial charge in [-0.25, -0.2) is 4.98 Å². The lowest BCUT2D eigenvalue weighted by molar-refractivity contribution is 0.706. The minimum atomic E-state index is 0.366. The van der Waals surface area contributed by atoms with Crippen LogP contribution in [0.1, 0.15) is 19.5 Å². The average molecular weight is 206 g/mol. The van der Waals surface area contributed by atoms with E-state index in [1.54, 1.807) is 12.4 Å². The van der Waals surface area contributed by atoms with Crippen molar-refractivity contribution >= 4 is 5.82 Å². The van der Waals surface area contributed by atoms with Gasteiger partial charge in [-0.3, -0.25) is 4.98 Å². The molecule has 0 aliphatic carbocycles. The van der Waals surface area contributed by atoms with E-state index in [2.05, 4.69) is 35.3 Å². The summed E-state index contributed by atoms with van der Waals surface area (Å²) in [7, 11) is 0. The predicted octanol–water partition coefficient (Wildman–Crippen LogP) is 1.34. The molecule has 82 valence electrons. The van der Waals surface area contributed by atoms with Crippen LogP contribution in [0.4, 0.5) is 5.82 Å². The minimum Gasteiger partial charge on any atom is -0.349 e. The summed E-state index contributed by atoms with van der Waals surface area (Å²) < 4.78 is 0. The van der Waals surface area contributed by atoms with Crippen molar-refractivity contribution in [2.24, 2.45) is 5.73 Å². The molecule has 0 fully saturated rings. The Morgan fingerprint density at radius 1 is 1.53 bits per heavy atom. The Kier molecular flexibility index (Phi) is 4.24. The SMILES string of the molecule is C=CCN(c1cncc(CN)n1)C(C)C. The summed E-state index contributed by atoms with van der Waals surface area (Å²) in [5.41, 5.74) is 6.34. The van der Waals surface area contributed by atoms with Crippen molar-refractivity contribution in [3.05, 3.63) is 30.7 Å². The fraction of sp³-hybridized carbons (Fsp3) is 0.455. The van der Waals surface area contributed by atoms with E-state index in [-0.39, 0.29) is 0 Å². The zero-order valence-corrected chi connectivity index (χ0v) is 9.35. The number of anilines is 1. The molecule has 0 atom stereocenters. The van der Waals surface area contributed by atoms with E-state index >= 15 is 0 Å². The third-order valence-electron chi connectivity index (χ3n) is 2.12. The molecule has 0 aliphatic heterocycles. The van der Waals surface area contributed by atoms with Crippen LogP contribution >= 0.6 is 0 Å². The molecule has 1 heterocycles. The first kappa shape index (κ1) is 11.7. The smallest absolute Gasteiger partial charge is 0.147 e. The van der Waals surface area contributed by atoms with Gasteiger partial charge >= 0.3 is 0 Å². The Morgan fingerprint density at radius 2 is 2.27 bits per heavy atom. The van der Waals surface area contributed by atoms with Crippen LogP contribution in [0, 0.1) is 0 Å². The fourth-order valence-electron chi connectivity index (χ4n) is 1.34. The van der Waals surface area contributed by atoms with E-state index in [1.807, 2.05) is 6.08 Å². The van der Waals surface area contributed by atoms with Gasteiger partial charge in [-0.05, 0) is 13.8 Å². The molecule has 0 bridgehead atoms. The van der Waals surface area contributed by atoms with Gasteiger partial charge in [-0.1, -0.05) is 6.08 Å². The average Bonchev–Trinajstić information content (AvgIpc) is 2.25. The van der Waals surface area contributed by atoms with Gasteiger partial charge in [0.15, 0.2) is 0 Å². The van der Waals surface area contributed by atoms with Crippen LogP contribution in [-0.4, -0.2) is 22.6 Å². The lowest BCUT2D eigenvalue weighted by atomic mass is 10.3. The molecule has 0 spiro atoms. The Morgan fingerprint density at radius 3 is 2.80 bits per heavy atom. The summed E-state index contributed by atoms with van der Waals surface area (Å²) in [5.74, 6) is 0.854. The van der Waals surface area contributed by atoms with Crippen molar-refractivity contribution < 1.29 is 0 Å². The number of nitrogens with two attached hydrogens (primary N) is 1. The van der Waals surface area contributed by atoms with Crippen molar-refractivity contribution in [3.8, 4) is 0 Å². The van der Waals surface area contributed by atoms with Gasteiger partial charge in [-0.15, -0.1) is 6.58 Å². The second-order valence-electron chi connectivity index (χ2n) is 3.61. The third-order valence-corrected chi connectivity index (χ3v) is 2.12. The highest BCUT2D eigenvalue weighted by Crippen LogP contribution is 2.12. The van der Waals surface area contributed by atoms with Gasteiger partial charge in [0.1, 0.15) is 5.82 Å². The summed E-state index contributed by atoms with van der Waals surface area (Å²) >= 11 is 0. The molecular formula is C11H18N4. The summed E-state index contributed by atoms with van der Waals surface area (Å²) in [6.07, 6.45) is 5.30. The molecule has 4 heteroatoms. The van der Waals surface area contributed by atoms with E-state index in [4.69, 9.17) is 5.73 Å². The zero-order chi connectivity index (χ0) is 11.3. The van der Waals surface area contributed by atoms with E-state index in [9.17, 15) is 0 Å². The highest BCUT2D eigenvalue weighted by Gasteiger charge is 2.10. The maximum atomic E-state index is 5.53. The first-order valence-corrected chi connectivity index (χ1v) is 5.07. The highest BCUT2D eigenvalue weighted by atomic mass is 15.2. The zero-order valence-electron chi connectivity index (χ0n) is 9.35. The van der Waals surface area contributed by atoms with Crippen molar-refractivity contribution in [2.75, 3.05) is 11.4 Å². The van der Waals surface area contributed by atoms with Crippen LogP contribution in [-0.2, 0) is 6.54 Å². The molecule has 1 aromatic rings. The lowest BCUT2D eigenvalue weighted by Gasteiger charge is -2.26. The molecule has 0 unspecified atom stereocenters. The molecule has 15 heavy (non-hydrogen) atoms. The normalized spacial score (nSPS) is 10.4. The molecule has 1 rings (SSSR count). The molecular weight excluding hydrogens is 188 g/mol. The molecule has 4 nitrogen and oxygen atoms in total. The predicted molar refractivity (Wildman–Crippen MR) is 62.6 cm³/mol. The van der Waals surface area contributed by atoms with Crippen molar-refractivity contribution in [1.82, 2.24) is 9.97 Å². The quantitative estimate of drug-likeness (QED) is 0.739. The molecule has 0 saturated carbocycles. The van der Waals surface area contributed by atoms with Crippen LogP contribution in [0.3, 0.4) is 0 Å². The molecule has 0 amide bonds. The Balaban J connectivity index is 2.94. The maximum absolute atomic E-state index is 5.53. The van der Waals surface area contributed by atoms with Crippen molar-refractivity contribution in [1.29, 1.82) is 0 Å². The van der Waals surface area contributed by atoms with Crippen LogP contribution in [0.15, 0.2) is 25.0 Å². The second kappa shape index (κ2) is 5.46. The van der Waals surface area contributed by atoms with Crippen LogP contribution in [0.5, 0.6) is 0 Å². The molecule has 0 saturated heterocycles. The first-order chi connectivity index (χ1) is 7.19. The fourth-order valence-corrected chi connectivity index (χ4v) is 1.34. The Bertz CT molecular complexity index is 322. The third kappa shape index (κ3) is 3.02. The molecule has 0 aliphatic rings. The lowest BCUT2D eigenvalue weighted by Crippen LogP contribution is -2.31. The second-order valence-corrected chi connectivity index (χ2v) is 3.61. The van der Waals surface area contributed by atoms with Crippen LogP contribution in [0.25, 0.3) is 0 Å². The minimum absolute atomic E-state index is 0.366. The molecule has 1 aromatic heterocycles. The van der Waals surface area contributed by atoms with Gasteiger partial charge < -0.3 is 10.6 Å². The van der Waals surface area contributed by atoms with Gasteiger partial charge in [0.25, 0.3) is 0 Å². The van der Waals surface area contributed by atoms with Gasteiger partial charge in [0.05, 0.1) is 11.9 Å². The molecule has 0 radical (unpaired) electrons. The van der Waals surface area contributed by atoms with E-state index in [1.165, 1.54) is 0 Å². The van der Waals surface area contributed by atoms with Gasteiger partial charge in [-0.2, -0.15) is 0 Å². The van der Waals surface area contributed by atoms with Gasteiger partial charge in [0.2, 0.25) is 0 Å². The number of rotatable bonds is 5. The summed E-state index contributed by atoms with van der Waals surface area (Å²) in [4.78, 5) is 10.7. The number of hydrogen-bond donors (Lipinski definition) is 1. The molecule has 2 N–H and O–H groups in total. The Labute approximate surface area is 90.8 Å². The van der Waals surface area contributed by atoms with Crippen molar-refractivity contribution in [3.63, 3.8) is 0 Å². The number of hydrogen-bond acceptors (Lipinski definition) is 4. The molecule has 0 aromatic carbocycles. The summed E-state index contributed by atoms with van der Waals surface area (Å²) in [6.45, 7) is 9.14. The largest absolute Gasteiger partial charge is 0.349 e. The highest BCUT2D eigenvalue weighted by molar-refractivity contribution is 5.38. The monoisotopic (exact) mass is 206 g/mol. The first-order valence-electron chi connectivity index (χ1n) is 5.07. The summed E-state index contributed by atoms with van der Waals surface area (Å²) in [5, 5.41) is 0. The Hall–Kier alpha value is -1.42. The maximum Gasteiger partial charge on any atom is 0.147 e. The summed E-state index contributed by atoms with van der Waals surface area (Å²) in [6, 6.07) is 0.366. The van der Waals surface area contributed by atoms with E-state index < -0.39 is 0 Å². The van der Waals surface area contributed by atoms with Gasteiger partial charge in [0, 0.05) is 25.3 Å².